The van der Waals surface area contributed by atoms with Crippen molar-refractivity contribution in [1.82, 2.24) is 0 Å². The number of aliphatic carboxylic acids is 1. The Morgan fingerprint density at radius 3 is 2.35 bits per heavy atom. The third kappa shape index (κ3) is 2.47. The lowest BCUT2D eigenvalue weighted by Crippen LogP contribution is -2.41. The van der Waals surface area contributed by atoms with Crippen molar-refractivity contribution in [3.8, 4) is 0 Å². The van der Waals surface area contributed by atoms with Gasteiger partial charge in [-0.05, 0) is 24.0 Å². The third-order valence-electron chi connectivity index (χ3n) is 3.42. The number of carboxylic acid groups (broad SMARTS) is 1. The number of rotatable bonds is 3. The smallest absolute Gasteiger partial charge is 0.314 e. The Balaban J connectivity index is 2.34. The number of hydrogen-bond donors (Lipinski definition) is 1. The number of carboxylic acids is 1. The van der Waals surface area contributed by atoms with Gasteiger partial charge in [-0.25, -0.2) is 0 Å². The lowest BCUT2D eigenvalue weighted by Gasteiger charge is -2.33. The number of hydrogen-bond acceptors (Lipinski definition) is 2. The molecule has 4 heteroatoms. The van der Waals surface area contributed by atoms with Crippen molar-refractivity contribution in [3.63, 3.8) is 0 Å². The lowest BCUT2D eigenvalue weighted by atomic mass is 9.74. The van der Waals surface area contributed by atoms with Gasteiger partial charge >= 0.3 is 5.97 Å². The van der Waals surface area contributed by atoms with Crippen LogP contribution in [-0.2, 0) is 19.4 Å². The molecule has 0 spiro atoms. The minimum atomic E-state index is -0.748. The van der Waals surface area contributed by atoms with Crippen LogP contribution < -0.4 is 0 Å². The fourth-order valence-corrected chi connectivity index (χ4v) is 2.77. The van der Waals surface area contributed by atoms with Crippen molar-refractivity contribution in [2.24, 2.45) is 0 Å². The first-order chi connectivity index (χ1) is 8.19. The summed E-state index contributed by atoms with van der Waals surface area (Å²) in [5.41, 5.74) is 1.38. The number of ether oxygens (including phenoxy) is 1. The molecule has 0 unspecified atom stereocenters. The first kappa shape index (κ1) is 12.8. The molecule has 0 bridgehead atoms. The molecule has 1 aromatic rings. The van der Waals surface area contributed by atoms with E-state index >= 15 is 0 Å². The first-order valence-electron chi connectivity index (χ1n) is 5.65. The Bertz CT molecular complexity index is 394. The second-order valence-electron chi connectivity index (χ2n) is 4.33. The van der Waals surface area contributed by atoms with Crippen LogP contribution in [0.5, 0.6) is 0 Å². The van der Waals surface area contributed by atoms with Gasteiger partial charge in [-0.1, -0.05) is 46.9 Å². The van der Waals surface area contributed by atoms with Crippen LogP contribution >= 0.6 is 22.6 Å². The van der Waals surface area contributed by atoms with Gasteiger partial charge in [-0.15, -0.1) is 0 Å². The maximum absolute atomic E-state index is 11.6. The highest BCUT2D eigenvalue weighted by molar-refractivity contribution is 14.1. The van der Waals surface area contributed by atoms with E-state index in [4.69, 9.17) is 4.74 Å². The van der Waals surface area contributed by atoms with Gasteiger partial charge in [0, 0.05) is 17.6 Å². The maximum atomic E-state index is 11.6. The summed E-state index contributed by atoms with van der Waals surface area (Å²) >= 11 is 2.30. The molecule has 17 heavy (non-hydrogen) atoms. The fourth-order valence-electron chi connectivity index (χ4n) is 2.26. The van der Waals surface area contributed by atoms with E-state index in [-0.39, 0.29) is 0 Å². The molecule has 3 nitrogen and oxygen atoms in total. The summed E-state index contributed by atoms with van der Waals surface area (Å²) in [6, 6.07) is 7.94. The zero-order valence-corrected chi connectivity index (χ0v) is 11.6. The molecular weight excluding hydrogens is 331 g/mol. The Morgan fingerprint density at radius 2 is 1.88 bits per heavy atom. The van der Waals surface area contributed by atoms with E-state index in [1.165, 1.54) is 5.56 Å². The summed E-state index contributed by atoms with van der Waals surface area (Å²) in [7, 11) is 0. The molecule has 0 atom stereocenters. The topological polar surface area (TPSA) is 46.5 Å². The molecule has 1 saturated heterocycles. The minimum absolute atomic E-state index is 0.528. The monoisotopic (exact) mass is 346 g/mol. The molecule has 92 valence electrons. The van der Waals surface area contributed by atoms with E-state index in [0.29, 0.717) is 26.1 Å². The Hall–Kier alpha value is -0.620. The molecule has 1 aromatic carbocycles. The summed E-state index contributed by atoms with van der Waals surface area (Å²) in [6.07, 6.45) is 1.12. The van der Waals surface area contributed by atoms with Gasteiger partial charge in [-0.3, -0.25) is 4.79 Å². The highest BCUT2D eigenvalue weighted by atomic mass is 127. The lowest BCUT2D eigenvalue weighted by molar-refractivity contribution is -0.147. The zero-order chi connectivity index (χ0) is 12.3. The van der Waals surface area contributed by atoms with E-state index in [9.17, 15) is 9.90 Å². The molecule has 0 radical (unpaired) electrons. The van der Waals surface area contributed by atoms with Crippen molar-refractivity contribution in [1.29, 1.82) is 0 Å². The summed E-state index contributed by atoms with van der Waals surface area (Å²) in [6.45, 7) is 1.06. The normalized spacial score (nSPS) is 18.9. The van der Waals surface area contributed by atoms with Gasteiger partial charge in [0.25, 0.3) is 0 Å². The predicted octanol–water partition coefficient (Wildman–Crippen LogP) is 2.75. The molecule has 1 aliphatic heterocycles. The van der Waals surface area contributed by atoms with Gasteiger partial charge < -0.3 is 9.84 Å². The van der Waals surface area contributed by atoms with E-state index in [0.717, 1.165) is 9.99 Å². The Morgan fingerprint density at radius 1 is 1.29 bits per heavy atom. The second-order valence-corrected chi connectivity index (χ2v) is 5.09. The molecule has 1 fully saturated rings. The quantitative estimate of drug-likeness (QED) is 0.676. The largest absolute Gasteiger partial charge is 0.481 e. The number of alkyl halides is 1. The molecule has 0 aliphatic carbocycles. The standard InChI is InChI=1S/C13H15IO3/c14-9-10-1-3-11(4-2-10)13(12(15)16)5-7-17-8-6-13/h1-4H,5-9H2,(H,15,16). The fraction of sp³-hybridized carbons (Fsp3) is 0.462. The van der Waals surface area contributed by atoms with Crippen LogP contribution in [0.15, 0.2) is 24.3 Å². The van der Waals surface area contributed by atoms with Crippen LogP contribution in [0.1, 0.15) is 24.0 Å². The van der Waals surface area contributed by atoms with Gasteiger partial charge in [-0.2, -0.15) is 0 Å². The summed E-state index contributed by atoms with van der Waals surface area (Å²) in [5.74, 6) is -0.733. The first-order valence-corrected chi connectivity index (χ1v) is 7.18. The van der Waals surface area contributed by atoms with E-state index < -0.39 is 11.4 Å². The summed E-state index contributed by atoms with van der Waals surface area (Å²) in [4.78, 5) is 11.6. The highest BCUT2D eigenvalue weighted by Gasteiger charge is 2.41. The molecule has 0 amide bonds. The van der Waals surface area contributed by atoms with Gasteiger partial charge in [0.15, 0.2) is 0 Å². The second kappa shape index (κ2) is 5.35. The third-order valence-corrected chi connectivity index (χ3v) is 4.30. The van der Waals surface area contributed by atoms with Crippen LogP contribution in [0.2, 0.25) is 0 Å². The number of benzene rings is 1. The van der Waals surface area contributed by atoms with Gasteiger partial charge in [0.1, 0.15) is 0 Å². The van der Waals surface area contributed by atoms with Crippen LogP contribution in [0.4, 0.5) is 0 Å². The average molecular weight is 346 g/mol. The highest BCUT2D eigenvalue weighted by Crippen LogP contribution is 2.35. The summed E-state index contributed by atoms with van der Waals surface area (Å²) in [5, 5.41) is 9.51. The van der Waals surface area contributed by atoms with Crippen LogP contribution in [0.25, 0.3) is 0 Å². The van der Waals surface area contributed by atoms with Crippen LogP contribution in [0, 0.1) is 0 Å². The van der Waals surface area contributed by atoms with Gasteiger partial charge in [0.2, 0.25) is 0 Å². The van der Waals surface area contributed by atoms with Crippen molar-refractivity contribution in [3.05, 3.63) is 35.4 Å². The van der Waals surface area contributed by atoms with E-state index in [2.05, 4.69) is 22.6 Å². The molecule has 1 N–H and O–H groups in total. The number of halogens is 1. The molecule has 0 aromatic heterocycles. The minimum Gasteiger partial charge on any atom is -0.481 e. The summed E-state index contributed by atoms with van der Waals surface area (Å²) < 4.78 is 6.22. The molecule has 1 aliphatic rings. The van der Waals surface area contributed by atoms with Crippen molar-refractivity contribution < 1.29 is 14.6 Å². The molecular formula is C13H15IO3. The maximum Gasteiger partial charge on any atom is 0.314 e. The molecule has 2 rings (SSSR count). The molecule has 1 heterocycles. The van der Waals surface area contributed by atoms with Crippen LogP contribution in [0.3, 0.4) is 0 Å². The average Bonchev–Trinajstić information content (AvgIpc) is 2.39. The predicted molar refractivity (Wildman–Crippen MR) is 73.5 cm³/mol. The van der Waals surface area contributed by atoms with Gasteiger partial charge in [0.05, 0.1) is 5.41 Å². The SMILES string of the molecule is O=C(O)C1(c2ccc(CI)cc2)CCOCC1. The van der Waals surface area contributed by atoms with E-state index in [1.807, 2.05) is 24.3 Å². The van der Waals surface area contributed by atoms with Crippen LogP contribution in [-0.4, -0.2) is 24.3 Å². The Kier molecular flexibility index (Phi) is 4.04. The van der Waals surface area contributed by atoms with Crippen molar-refractivity contribution >= 4 is 28.6 Å². The zero-order valence-electron chi connectivity index (χ0n) is 9.49. The molecule has 0 saturated carbocycles. The number of carbonyl (C=O) groups is 1. The van der Waals surface area contributed by atoms with Crippen molar-refractivity contribution in [2.45, 2.75) is 22.7 Å². The van der Waals surface area contributed by atoms with Crippen molar-refractivity contribution in [2.75, 3.05) is 13.2 Å². The Labute approximate surface area is 114 Å². The van der Waals surface area contributed by atoms with E-state index in [1.54, 1.807) is 0 Å².